The van der Waals surface area contributed by atoms with Crippen LogP contribution < -0.4 is 20.3 Å². The summed E-state index contributed by atoms with van der Waals surface area (Å²) in [4.78, 5) is 23.3. The Morgan fingerprint density at radius 1 is 1.30 bits per heavy atom. The van der Waals surface area contributed by atoms with E-state index in [1.807, 2.05) is 7.05 Å². The van der Waals surface area contributed by atoms with Gasteiger partial charge in [-0.2, -0.15) is 0 Å². The van der Waals surface area contributed by atoms with Crippen LogP contribution in [0.1, 0.15) is 0 Å². The Balaban J connectivity index is 2.22. The van der Waals surface area contributed by atoms with E-state index in [0.29, 0.717) is 18.2 Å². The molecule has 1 rings (SSSR count). The fourth-order valence-corrected chi connectivity index (χ4v) is 1.60. The largest absolute Gasteiger partial charge is 0.488 e. The van der Waals surface area contributed by atoms with Crippen molar-refractivity contribution in [3.63, 3.8) is 0 Å². The molecule has 20 heavy (non-hydrogen) atoms. The summed E-state index contributed by atoms with van der Waals surface area (Å²) in [6.07, 6.45) is 0. The first-order valence-electron chi connectivity index (χ1n) is 6.22. The maximum Gasteiger partial charge on any atom is 0.321 e. The molecule has 0 saturated carbocycles. The number of benzene rings is 1. The molecule has 0 heterocycles. The SMILES string of the molecule is CNC(=O)NC(=O)C[NH+](C)CCOc1ccc(Cl)cc1. The number of carbonyl (C=O) groups is 2. The van der Waals surface area contributed by atoms with Gasteiger partial charge in [0.05, 0.1) is 7.05 Å². The number of nitrogens with one attached hydrogen (secondary N) is 3. The van der Waals surface area contributed by atoms with E-state index in [-0.39, 0.29) is 12.5 Å². The molecule has 0 aliphatic carbocycles. The van der Waals surface area contributed by atoms with Gasteiger partial charge in [0, 0.05) is 12.1 Å². The van der Waals surface area contributed by atoms with Crippen LogP contribution in [0.5, 0.6) is 5.75 Å². The van der Waals surface area contributed by atoms with E-state index in [2.05, 4.69) is 10.6 Å². The Kier molecular flexibility index (Phi) is 6.83. The lowest BCUT2D eigenvalue weighted by atomic mass is 10.3. The molecule has 1 atom stereocenters. The molecule has 7 heteroatoms. The summed E-state index contributed by atoms with van der Waals surface area (Å²) in [5.74, 6) is 0.408. The Labute approximate surface area is 123 Å². The summed E-state index contributed by atoms with van der Waals surface area (Å²) in [7, 11) is 3.31. The fourth-order valence-electron chi connectivity index (χ4n) is 1.47. The number of rotatable bonds is 6. The summed E-state index contributed by atoms with van der Waals surface area (Å²) in [6.45, 7) is 1.32. The van der Waals surface area contributed by atoms with Crippen LogP contribution >= 0.6 is 11.6 Å². The number of amides is 3. The number of carbonyl (C=O) groups excluding carboxylic acids is 2. The first kappa shape index (κ1) is 16.3. The highest BCUT2D eigenvalue weighted by atomic mass is 35.5. The third-order valence-corrected chi connectivity index (χ3v) is 2.81. The van der Waals surface area contributed by atoms with Crippen LogP contribution in [0.25, 0.3) is 0 Å². The van der Waals surface area contributed by atoms with Crippen molar-refractivity contribution in [1.82, 2.24) is 10.6 Å². The van der Waals surface area contributed by atoms with Gasteiger partial charge in [0.1, 0.15) is 18.9 Å². The van der Waals surface area contributed by atoms with Crippen molar-refractivity contribution in [1.29, 1.82) is 0 Å². The van der Waals surface area contributed by atoms with Crippen molar-refractivity contribution in [3.05, 3.63) is 29.3 Å². The minimum absolute atomic E-state index is 0.206. The summed E-state index contributed by atoms with van der Waals surface area (Å²) < 4.78 is 5.53. The van der Waals surface area contributed by atoms with Crippen molar-refractivity contribution in [2.45, 2.75) is 0 Å². The number of hydrogen-bond donors (Lipinski definition) is 3. The number of hydrogen-bond acceptors (Lipinski definition) is 3. The number of quaternary nitrogens is 1. The van der Waals surface area contributed by atoms with E-state index < -0.39 is 6.03 Å². The second kappa shape index (κ2) is 8.39. The van der Waals surface area contributed by atoms with E-state index in [0.717, 1.165) is 10.6 Å². The zero-order valence-corrected chi connectivity index (χ0v) is 12.3. The van der Waals surface area contributed by atoms with Gasteiger partial charge in [-0.1, -0.05) is 11.6 Å². The summed E-state index contributed by atoms with van der Waals surface area (Å²) in [5.41, 5.74) is 0. The first-order valence-corrected chi connectivity index (χ1v) is 6.60. The number of likely N-dealkylation sites (N-methyl/N-ethyl adjacent to an activating group) is 1. The summed E-state index contributed by atoms with van der Waals surface area (Å²) in [5, 5.41) is 5.19. The third-order valence-electron chi connectivity index (χ3n) is 2.55. The van der Waals surface area contributed by atoms with Crippen molar-refractivity contribution in [3.8, 4) is 5.75 Å². The Bertz CT molecular complexity index is 451. The van der Waals surface area contributed by atoms with Crippen LogP contribution in [0.3, 0.4) is 0 Å². The molecule has 0 saturated heterocycles. The van der Waals surface area contributed by atoms with Crippen LogP contribution in [0.2, 0.25) is 5.02 Å². The monoisotopic (exact) mass is 300 g/mol. The highest BCUT2D eigenvalue weighted by molar-refractivity contribution is 6.30. The average Bonchev–Trinajstić information content (AvgIpc) is 2.40. The third kappa shape index (κ3) is 6.40. The molecule has 110 valence electrons. The molecule has 0 spiro atoms. The first-order chi connectivity index (χ1) is 9.51. The molecule has 0 aliphatic heterocycles. The topological polar surface area (TPSA) is 71.9 Å². The van der Waals surface area contributed by atoms with E-state index in [1.54, 1.807) is 24.3 Å². The molecule has 1 unspecified atom stereocenters. The van der Waals surface area contributed by atoms with Crippen LogP contribution in [-0.2, 0) is 4.79 Å². The smallest absolute Gasteiger partial charge is 0.321 e. The van der Waals surface area contributed by atoms with E-state index in [9.17, 15) is 9.59 Å². The van der Waals surface area contributed by atoms with Gasteiger partial charge in [-0.05, 0) is 24.3 Å². The lowest BCUT2D eigenvalue weighted by molar-refractivity contribution is -0.871. The molecular formula is C13H19ClN3O3+. The van der Waals surface area contributed by atoms with Gasteiger partial charge in [-0.25, -0.2) is 4.79 Å². The Hall–Kier alpha value is -1.79. The zero-order chi connectivity index (χ0) is 15.0. The standard InChI is InChI=1S/C13H18ClN3O3/c1-15-13(19)16-12(18)9-17(2)7-8-20-11-5-3-10(14)4-6-11/h3-6H,7-9H2,1-2H3,(H2,15,16,18,19)/p+1. The lowest BCUT2D eigenvalue weighted by Crippen LogP contribution is -3.10. The number of halogens is 1. The van der Waals surface area contributed by atoms with E-state index in [1.165, 1.54) is 7.05 Å². The molecule has 0 radical (unpaired) electrons. The summed E-state index contributed by atoms with van der Waals surface area (Å²) in [6, 6.07) is 6.58. The maximum atomic E-state index is 11.4. The van der Waals surface area contributed by atoms with Gasteiger partial charge in [0.25, 0.3) is 5.91 Å². The summed E-state index contributed by atoms with van der Waals surface area (Å²) >= 11 is 5.77. The van der Waals surface area contributed by atoms with Crippen molar-refractivity contribution >= 4 is 23.5 Å². The quantitative estimate of drug-likeness (QED) is 0.675. The molecule has 0 aromatic heterocycles. The average molecular weight is 301 g/mol. The van der Waals surface area contributed by atoms with Crippen molar-refractivity contribution in [2.75, 3.05) is 33.8 Å². The predicted molar refractivity (Wildman–Crippen MR) is 76.2 cm³/mol. The molecule has 3 N–H and O–H groups in total. The molecule has 6 nitrogen and oxygen atoms in total. The van der Waals surface area contributed by atoms with Gasteiger partial charge < -0.3 is 15.0 Å². The molecule has 0 fully saturated rings. The fraction of sp³-hybridized carbons (Fsp3) is 0.385. The van der Waals surface area contributed by atoms with Gasteiger partial charge in [-0.3, -0.25) is 10.1 Å². The Morgan fingerprint density at radius 3 is 2.55 bits per heavy atom. The van der Waals surface area contributed by atoms with E-state index >= 15 is 0 Å². The normalized spacial score (nSPS) is 11.6. The van der Waals surface area contributed by atoms with Gasteiger partial charge >= 0.3 is 6.03 Å². The van der Waals surface area contributed by atoms with Gasteiger partial charge in [0.15, 0.2) is 6.54 Å². The van der Waals surface area contributed by atoms with Crippen molar-refractivity contribution < 1.29 is 19.2 Å². The molecule has 0 aliphatic rings. The predicted octanol–water partition coefficient (Wildman–Crippen LogP) is -0.311. The molecule has 1 aromatic carbocycles. The van der Waals surface area contributed by atoms with Crippen LogP contribution in [0, 0.1) is 0 Å². The highest BCUT2D eigenvalue weighted by Crippen LogP contribution is 2.14. The van der Waals surface area contributed by atoms with Crippen LogP contribution in [-0.4, -0.2) is 45.7 Å². The number of urea groups is 1. The van der Waals surface area contributed by atoms with Crippen molar-refractivity contribution in [2.24, 2.45) is 0 Å². The second-order valence-electron chi connectivity index (χ2n) is 4.31. The lowest BCUT2D eigenvalue weighted by Gasteiger charge is -2.14. The van der Waals surface area contributed by atoms with Gasteiger partial charge in [0.2, 0.25) is 0 Å². The molecule has 1 aromatic rings. The van der Waals surface area contributed by atoms with Gasteiger partial charge in [-0.15, -0.1) is 0 Å². The number of ether oxygens (including phenoxy) is 1. The minimum atomic E-state index is -0.500. The molecule has 0 bridgehead atoms. The van der Waals surface area contributed by atoms with E-state index in [4.69, 9.17) is 16.3 Å². The molecule has 3 amide bonds. The second-order valence-corrected chi connectivity index (χ2v) is 4.75. The number of imide groups is 1. The highest BCUT2D eigenvalue weighted by Gasteiger charge is 2.12. The molecular weight excluding hydrogens is 282 g/mol. The zero-order valence-electron chi connectivity index (χ0n) is 11.5. The van der Waals surface area contributed by atoms with Crippen LogP contribution in [0.15, 0.2) is 24.3 Å². The Morgan fingerprint density at radius 2 is 1.95 bits per heavy atom. The maximum absolute atomic E-state index is 11.4. The minimum Gasteiger partial charge on any atom is -0.488 e. The van der Waals surface area contributed by atoms with Crippen LogP contribution in [0.4, 0.5) is 4.79 Å².